The maximum atomic E-state index is 14.8. The van der Waals surface area contributed by atoms with Crippen LogP contribution in [0.4, 0.5) is 4.79 Å². The second kappa shape index (κ2) is 18.7. The van der Waals surface area contributed by atoms with Crippen molar-refractivity contribution in [2.75, 3.05) is 13.2 Å². The Kier molecular flexibility index (Phi) is 13.8. The number of fused-ring (bicyclic) bond motifs is 5. The van der Waals surface area contributed by atoms with Crippen LogP contribution in [-0.2, 0) is 42.9 Å². The second-order valence-electron chi connectivity index (χ2n) is 19.2. The molecule has 19 heteroatoms. The molecule has 2 aromatic carbocycles. The number of ether oxygens (including phenoxy) is 4. The standard InChI is InChI=1S/C48H59N3O16/c1-23(2)35(41(57)51-19-13-18-28(51)42(58)59)49-45(62)50-36(26-14-9-7-10-15-26)39(56)44(61)65-30-21-48(63)40(66-43(60)27-16-11-8-12-17-27)34-32(37(54)38(55)33(24(30)3)46(48,5)6)29(53)20-31-47(34,22-64-31)67-25(4)52/h7-12,14-17,23,28-32,34-36,38-40,53,55-56,63H,13,18-22H2,1-6H3,(H,58,59)(H2,49,50,62)/t28-,29-,30-,31?,32?,34?,35-,36-,38+,39+,40-,47-,48+/m0/s1. The zero-order valence-electron chi connectivity index (χ0n) is 38.1. The van der Waals surface area contributed by atoms with Gasteiger partial charge < -0.3 is 60.0 Å². The van der Waals surface area contributed by atoms with Crippen LogP contribution in [0.5, 0.6) is 0 Å². The van der Waals surface area contributed by atoms with Gasteiger partial charge in [-0.05, 0) is 54.5 Å². The van der Waals surface area contributed by atoms with E-state index in [4.69, 9.17) is 18.9 Å². The molecule has 4 fully saturated rings. The Balaban J connectivity index is 1.24. The van der Waals surface area contributed by atoms with E-state index in [2.05, 4.69) is 10.6 Å². The fourth-order valence-corrected chi connectivity index (χ4v) is 11.0. The van der Waals surface area contributed by atoms with Crippen LogP contribution in [0.15, 0.2) is 71.8 Å². The lowest BCUT2D eigenvalue weighted by Crippen LogP contribution is -2.79. The summed E-state index contributed by atoms with van der Waals surface area (Å²) in [5.74, 6) is -9.41. The van der Waals surface area contributed by atoms with Crippen molar-refractivity contribution in [2.45, 2.75) is 133 Å². The largest absolute Gasteiger partial charge is 0.480 e. The lowest BCUT2D eigenvalue weighted by molar-refractivity contribution is -0.332. The van der Waals surface area contributed by atoms with Crippen LogP contribution in [0.1, 0.15) is 89.2 Å². The Morgan fingerprint density at radius 1 is 0.940 bits per heavy atom. The quantitative estimate of drug-likeness (QED) is 0.0907. The summed E-state index contributed by atoms with van der Waals surface area (Å²) in [4.78, 5) is 96.6. The van der Waals surface area contributed by atoms with Crippen LogP contribution < -0.4 is 10.6 Å². The minimum absolute atomic E-state index is 0.0510. The number of carbonyl (C=O) groups is 7. The predicted octanol–water partition coefficient (Wildman–Crippen LogP) is 1.74. The molecule has 0 aromatic heterocycles. The van der Waals surface area contributed by atoms with Gasteiger partial charge in [0.15, 0.2) is 17.5 Å². The molecule has 2 heterocycles. The van der Waals surface area contributed by atoms with Crippen LogP contribution in [-0.4, -0.2) is 145 Å². The molecule has 2 bridgehead atoms. The molecular weight excluding hydrogens is 875 g/mol. The average molecular weight is 934 g/mol. The number of nitrogens with zero attached hydrogens (tertiary/aromatic N) is 1. The number of likely N-dealkylation sites (tertiary alicyclic amines) is 1. The molecule has 3 unspecified atom stereocenters. The van der Waals surface area contributed by atoms with Gasteiger partial charge in [-0.25, -0.2) is 19.2 Å². The van der Waals surface area contributed by atoms with Crippen molar-refractivity contribution in [3.63, 3.8) is 0 Å². The number of carboxylic acids is 1. The number of nitrogens with one attached hydrogen (secondary N) is 2. The first-order chi connectivity index (χ1) is 31.5. The maximum absolute atomic E-state index is 14.8. The Morgan fingerprint density at radius 3 is 2.16 bits per heavy atom. The highest BCUT2D eigenvalue weighted by Crippen LogP contribution is 2.61. The number of amides is 3. The van der Waals surface area contributed by atoms with Crippen LogP contribution in [0.2, 0.25) is 0 Å². The van der Waals surface area contributed by atoms with Crippen molar-refractivity contribution >= 4 is 41.6 Å². The third kappa shape index (κ3) is 8.71. The van der Waals surface area contributed by atoms with E-state index in [1.165, 1.54) is 49.9 Å². The molecule has 3 amide bonds. The van der Waals surface area contributed by atoms with Gasteiger partial charge in [-0.1, -0.05) is 76.2 Å². The monoisotopic (exact) mass is 933 g/mol. The fourth-order valence-electron chi connectivity index (χ4n) is 11.0. The molecule has 0 spiro atoms. The van der Waals surface area contributed by atoms with Gasteiger partial charge in [0.05, 0.1) is 36.2 Å². The normalized spacial score (nSPS) is 32.2. The van der Waals surface area contributed by atoms with Crippen LogP contribution in [0.25, 0.3) is 0 Å². The highest BCUT2D eigenvalue weighted by atomic mass is 16.6. The molecule has 67 heavy (non-hydrogen) atoms. The molecular formula is C48H59N3O16. The van der Waals surface area contributed by atoms with Crippen molar-refractivity contribution in [3.05, 3.63) is 82.9 Å². The molecule has 2 saturated heterocycles. The molecule has 2 aromatic rings. The van der Waals surface area contributed by atoms with Crippen molar-refractivity contribution in [3.8, 4) is 0 Å². The van der Waals surface area contributed by atoms with Gasteiger partial charge in [0, 0.05) is 31.7 Å². The van der Waals surface area contributed by atoms with Gasteiger partial charge >= 0.3 is 29.9 Å². The minimum Gasteiger partial charge on any atom is -0.480 e. The van der Waals surface area contributed by atoms with E-state index >= 15 is 0 Å². The smallest absolute Gasteiger partial charge is 0.338 e. The molecule has 7 rings (SSSR count). The second-order valence-corrected chi connectivity index (χ2v) is 19.2. The van der Waals surface area contributed by atoms with Crippen molar-refractivity contribution in [1.29, 1.82) is 0 Å². The molecule has 362 valence electrons. The summed E-state index contributed by atoms with van der Waals surface area (Å²) < 4.78 is 24.0. The third-order valence-corrected chi connectivity index (χ3v) is 14.6. The molecule has 3 aliphatic carbocycles. The summed E-state index contributed by atoms with van der Waals surface area (Å²) in [5, 5.41) is 64.0. The lowest BCUT2D eigenvalue weighted by Gasteiger charge is -2.64. The first-order valence-corrected chi connectivity index (χ1v) is 22.5. The number of carboxylic acid groups (broad SMARTS) is 1. The topological polar surface area (TPSA) is 285 Å². The SMILES string of the molecule is CC(=O)O[C@@]12COC1C[C@H](O)C1C(=O)[C@H](O)C3=C(C)[C@@H](OC(=O)[C@H](O)[C@@H](NC(=O)N[C@H](C(=O)N4CCC[C@H]4C(=O)O)C(C)C)c4ccccc4)C[C@@](O)([C@@H](OC(=O)c4ccccc4)C12)C3(C)C. The number of aliphatic hydroxyl groups excluding tert-OH is 3. The number of benzene rings is 2. The predicted molar refractivity (Wildman–Crippen MR) is 232 cm³/mol. The summed E-state index contributed by atoms with van der Waals surface area (Å²) in [6, 6.07) is 10.8. The molecule has 19 nitrogen and oxygen atoms in total. The number of carbonyl (C=O) groups excluding carboxylic acids is 6. The van der Waals surface area contributed by atoms with E-state index in [9.17, 15) is 59.1 Å². The van der Waals surface area contributed by atoms with E-state index in [1.54, 1.807) is 50.2 Å². The van der Waals surface area contributed by atoms with E-state index in [-0.39, 0.29) is 48.3 Å². The number of ketones is 1. The van der Waals surface area contributed by atoms with E-state index in [1.807, 2.05) is 0 Å². The lowest BCUT2D eigenvalue weighted by atomic mass is 9.49. The van der Waals surface area contributed by atoms with Crippen LogP contribution >= 0.6 is 0 Å². The van der Waals surface area contributed by atoms with E-state index in [0.29, 0.717) is 6.42 Å². The zero-order valence-corrected chi connectivity index (χ0v) is 38.1. The van der Waals surface area contributed by atoms with Crippen LogP contribution in [0.3, 0.4) is 0 Å². The molecule has 2 saturated carbocycles. The summed E-state index contributed by atoms with van der Waals surface area (Å²) in [6.07, 6.45) is -10.2. The fraction of sp³-hybridized carbons (Fsp3) is 0.562. The van der Waals surface area contributed by atoms with E-state index in [0.717, 1.165) is 6.92 Å². The molecule has 13 atom stereocenters. The number of aliphatic hydroxyl groups is 4. The van der Waals surface area contributed by atoms with Crippen molar-refractivity contribution in [1.82, 2.24) is 15.5 Å². The summed E-state index contributed by atoms with van der Waals surface area (Å²) in [7, 11) is 0. The highest BCUT2D eigenvalue weighted by molar-refractivity contribution is 5.93. The molecule has 5 aliphatic rings. The van der Waals surface area contributed by atoms with Crippen molar-refractivity contribution < 1.29 is 78.0 Å². The van der Waals surface area contributed by atoms with Gasteiger partial charge in [-0.15, -0.1) is 0 Å². The Morgan fingerprint density at radius 2 is 1.58 bits per heavy atom. The van der Waals surface area contributed by atoms with Gasteiger partial charge in [0.1, 0.15) is 42.1 Å². The maximum Gasteiger partial charge on any atom is 0.338 e. The Labute approximate surface area is 386 Å². The number of esters is 3. The van der Waals surface area contributed by atoms with E-state index < -0.39 is 137 Å². The van der Waals surface area contributed by atoms with Crippen molar-refractivity contribution in [2.24, 2.45) is 23.2 Å². The first-order valence-electron chi connectivity index (χ1n) is 22.5. The first kappa shape index (κ1) is 49.2. The summed E-state index contributed by atoms with van der Waals surface area (Å²) in [6.45, 7) is 8.81. The number of hydrogen-bond donors (Lipinski definition) is 7. The summed E-state index contributed by atoms with van der Waals surface area (Å²) >= 11 is 0. The van der Waals surface area contributed by atoms with Crippen LogP contribution in [0, 0.1) is 23.2 Å². The number of rotatable bonds is 12. The number of aliphatic carboxylic acids is 1. The number of urea groups is 1. The molecule has 7 N–H and O–H groups in total. The van der Waals surface area contributed by atoms with Gasteiger partial charge in [0.25, 0.3) is 0 Å². The average Bonchev–Trinajstić information content (AvgIpc) is 3.78. The van der Waals surface area contributed by atoms with Gasteiger partial charge in [-0.2, -0.15) is 0 Å². The number of Topliss-reactive ketones (excluding diaryl/α,β-unsaturated/α-hetero) is 1. The number of hydrogen-bond acceptors (Lipinski definition) is 15. The van der Waals surface area contributed by atoms with Gasteiger partial charge in [0.2, 0.25) is 5.91 Å². The highest BCUT2D eigenvalue weighted by Gasteiger charge is 2.74. The molecule has 0 radical (unpaired) electrons. The minimum atomic E-state index is -2.40. The summed E-state index contributed by atoms with van der Waals surface area (Å²) in [5.41, 5.74) is -5.55. The van der Waals surface area contributed by atoms with Gasteiger partial charge in [-0.3, -0.25) is 14.4 Å². The molecule has 2 aliphatic heterocycles. The Bertz CT molecular complexity index is 2300. The Hall–Kier alpha value is -5.73. The zero-order chi connectivity index (χ0) is 48.9. The third-order valence-electron chi connectivity index (χ3n) is 14.6.